The lowest BCUT2D eigenvalue weighted by Crippen LogP contribution is -2.58. The molecule has 41 heavy (non-hydrogen) atoms. The van der Waals surface area contributed by atoms with Crippen molar-refractivity contribution in [3.8, 4) is 0 Å². The van der Waals surface area contributed by atoms with E-state index in [0.29, 0.717) is 12.8 Å². The van der Waals surface area contributed by atoms with Gasteiger partial charge in [-0.1, -0.05) is 50.5 Å². The van der Waals surface area contributed by atoms with E-state index in [1.54, 1.807) is 35.3 Å². The Morgan fingerprint density at radius 3 is 2.12 bits per heavy atom. The molecule has 1 atom stereocenters. The Hall–Kier alpha value is -2.56. The number of hydrogen-bond acceptors (Lipinski definition) is 6. The van der Waals surface area contributed by atoms with Crippen LogP contribution in [0.15, 0.2) is 54.7 Å². The third kappa shape index (κ3) is 4.66. The third-order valence-electron chi connectivity index (χ3n) is 8.81. The van der Waals surface area contributed by atoms with Crippen molar-refractivity contribution < 1.29 is 4.79 Å². The summed E-state index contributed by atoms with van der Waals surface area (Å²) >= 11 is 5.27. The summed E-state index contributed by atoms with van der Waals surface area (Å²) < 4.78 is 0.448. The first-order valence-electron chi connectivity index (χ1n) is 13.7. The van der Waals surface area contributed by atoms with E-state index < -0.39 is 21.0 Å². The van der Waals surface area contributed by atoms with E-state index in [1.165, 1.54) is 16.1 Å². The summed E-state index contributed by atoms with van der Waals surface area (Å²) in [7, 11) is 0. The molecule has 7 nitrogen and oxygen atoms in total. The van der Waals surface area contributed by atoms with Crippen molar-refractivity contribution in [3.05, 3.63) is 88.3 Å². The van der Waals surface area contributed by atoms with Gasteiger partial charge < -0.3 is 0 Å². The number of rotatable bonds is 8. The van der Waals surface area contributed by atoms with Gasteiger partial charge in [-0.3, -0.25) is 9.69 Å². The number of fused-ring (bicyclic) bond motifs is 2. The molecule has 1 unspecified atom stereocenters. The number of nitrogens with zero attached hydrogens (tertiary/aromatic N) is 2. The van der Waals surface area contributed by atoms with Gasteiger partial charge in [0.05, 0.1) is 11.2 Å². The Kier molecular flexibility index (Phi) is 8.62. The second-order valence-electron chi connectivity index (χ2n) is 10.9. The van der Waals surface area contributed by atoms with E-state index in [4.69, 9.17) is 0 Å². The van der Waals surface area contributed by atoms with Crippen molar-refractivity contribution in [1.29, 1.82) is 0 Å². The molecule has 0 aliphatic carbocycles. The van der Waals surface area contributed by atoms with Crippen molar-refractivity contribution >= 4 is 52.5 Å². The minimum atomic E-state index is -0.683. The number of carbonyl (C=O) groups is 1. The number of aromatic nitrogens is 3. The molecule has 10 heteroatoms. The van der Waals surface area contributed by atoms with Gasteiger partial charge in [0.1, 0.15) is 10.6 Å². The van der Waals surface area contributed by atoms with Crippen LogP contribution in [0.25, 0.3) is 5.57 Å². The monoisotopic (exact) mass is 612 g/mol. The SMILES string of the molecule is C=C(C)C(=C)SC1(SC)C(C)=C(C)SC2=C1c1cc(C)c(C)c(C)c1N(C(=O)Cn1c(=O)[nH][nH]c1=O)C2(CC)CC. The van der Waals surface area contributed by atoms with Gasteiger partial charge in [-0.25, -0.2) is 24.4 Å². The highest BCUT2D eigenvalue weighted by Crippen LogP contribution is 2.67. The van der Waals surface area contributed by atoms with Gasteiger partial charge in [0.15, 0.2) is 0 Å². The average Bonchev–Trinajstić information content (AvgIpc) is 3.25. The Bertz CT molecular complexity index is 1620. The first-order chi connectivity index (χ1) is 19.2. The number of carbonyl (C=O) groups excluding carboxylic acids is 1. The molecule has 0 saturated heterocycles. The van der Waals surface area contributed by atoms with E-state index in [0.717, 1.165) is 47.9 Å². The zero-order chi connectivity index (χ0) is 30.6. The first kappa shape index (κ1) is 31.4. The van der Waals surface area contributed by atoms with Crippen LogP contribution < -0.4 is 16.3 Å². The summed E-state index contributed by atoms with van der Waals surface area (Å²) in [6.45, 7) is 25.1. The second kappa shape index (κ2) is 11.3. The van der Waals surface area contributed by atoms with Crippen LogP contribution in [-0.4, -0.2) is 36.5 Å². The second-order valence-corrected chi connectivity index (χ2v) is 14.7. The predicted octanol–water partition coefficient (Wildman–Crippen LogP) is 7.03. The molecule has 2 aliphatic rings. The average molecular weight is 613 g/mol. The Balaban J connectivity index is 2.14. The van der Waals surface area contributed by atoms with Crippen LogP contribution in [-0.2, 0) is 11.3 Å². The zero-order valence-corrected chi connectivity index (χ0v) is 27.9. The van der Waals surface area contributed by atoms with Crippen LogP contribution in [0.2, 0.25) is 0 Å². The van der Waals surface area contributed by atoms with E-state index in [1.807, 2.05) is 11.8 Å². The van der Waals surface area contributed by atoms with Gasteiger partial charge >= 0.3 is 11.4 Å². The fourth-order valence-corrected chi connectivity index (χ4v) is 10.4. The molecular weight excluding hydrogens is 573 g/mol. The number of allylic oxidation sites excluding steroid dienone is 2. The molecule has 2 N–H and O–H groups in total. The maximum absolute atomic E-state index is 14.5. The number of aromatic amines is 2. The summed E-state index contributed by atoms with van der Waals surface area (Å²) in [5.41, 5.74) is 6.60. The molecule has 0 spiro atoms. The van der Waals surface area contributed by atoms with Crippen LogP contribution in [0, 0.1) is 20.8 Å². The van der Waals surface area contributed by atoms with E-state index in [9.17, 15) is 14.4 Å². The highest BCUT2D eigenvalue weighted by Gasteiger charge is 2.55. The summed E-state index contributed by atoms with van der Waals surface area (Å²) in [5.74, 6) is -0.293. The third-order valence-corrected chi connectivity index (χ3v) is 13.4. The molecular formula is C31H40N4O3S3. The highest BCUT2D eigenvalue weighted by atomic mass is 32.2. The van der Waals surface area contributed by atoms with Crippen LogP contribution in [0.1, 0.15) is 69.7 Å². The number of hydrogen-bond donors (Lipinski definition) is 2. The number of H-pyrrole nitrogens is 2. The van der Waals surface area contributed by atoms with E-state index in [-0.39, 0.29) is 12.5 Å². The number of aryl methyl sites for hydroxylation is 1. The number of thioether (sulfide) groups is 3. The van der Waals surface area contributed by atoms with Crippen LogP contribution in [0.5, 0.6) is 0 Å². The summed E-state index contributed by atoms with van der Waals surface area (Å²) in [5, 5.41) is 4.60. The smallest absolute Gasteiger partial charge is 0.299 e. The fraction of sp³-hybridized carbons (Fsp3) is 0.452. The molecule has 2 aromatic rings. The van der Waals surface area contributed by atoms with Crippen molar-refractivity contribution in [2.24, 2.45) is 0 Å². The molecule has 3 heterocycles. The van der Waals surface area contributed by atoms with Crippen molar-refractivity contribution in [3.63, 3.8) is 0 Å². The molecule has 1 aromatic carbocycles. The number of benzene rings is 1. The van der Waals surface area contributed by atoms with Crippen LogP contribution in [0.4, 0.5) is 5.69 Å². The number of nitrogens with one attached hydrogen (secondary N) is 2. The van der Waals surface area contributed by atoms with Gasteiger partial charge in [0.25, 0.3) is 0 Å². The summed E-state index contributed by atoms with van der Waals surface area (Å²) in [4.78, 5) is 44.5. The lowest BCUT2D eigenvalue weighted by Gasteiger charge is -2.54. The standard InChI is InChI=1S/C31H40N4O3S3/c1-12-30(13-2)27-25(31(39-11,20(8)22(10)40-27)41-21(9)16(3)4)23-14-17(5)18(6)19(7)26(23)35(30)24(36)15-34-28(37)32-33-29(34)38/h14H,3,9,12-13,15H2,1-2,4-8,10-11H3,(H,32,37)(H,33,38). The van der Waals surface area contributed by atoms with Gasteiger partial charge in [-0.05, 0) is 99.4 Å². The molecule has 1 aromatic heterocycles. The maximum atomic E-state index is 14.5. The van der Waals surface area contributed by atoms with Crippen LogP contribution in [0.3, 0.4) is 0 Å². The molecule has 1 amide bonds. The minimum Gasteiger partial charge on any atom is -0.299 e. The molecule has 4 rings (SSSR count). The van der Waals surface area contributed by atoms with E-state index in [2.05, 4.69) is 84.1 Å². The molecule has 0 saturated carbocycles. The normalized spacial score (nSPS) is 19.8. The number of amides is 1. The van der Waals surface area contributed by atoms with Gasteiger partial charge in [0, 0.05) is 20.9 Å². The Morgan fingerprint density at radius 1 is 1.02 bits per heavy atom. The predicted molar refractivity (Wildman–Crippen MR) is 178 cm³/mol. The topological polar surface area (TPSA) is 91.0 Å². The molecule has 0 bridgehead atoms. The quantitative estimate of drug-likeness (QED) is 0.246. The first-order valence-corrected chi connectivity index (χ1v) is 16.6. The summed E-state index contributed by atoms with van der Waals surface area (Å²) in [6.07, 6.45) is 3.47. The van der Waals surface area contributed by atoms with Crippen molar-refractivity contribution in [1.82, 2.24) is 14.8 Å². The Labute approximate surface area is 255 Å². The van der Waals surface area contributed by atoms with Crippen molar-refractivity contribution in [2.75, 3.05) is 11.2 Å². The van der Waals surface area contributed by atoms with Crippen LogP contribution >= 0.6 is 35.3 Å². The number of anilines is 1. The lowest BCUT2D eigenvalue weighted by molar-refractivity contribution is -0.120. The molecule has 0 fully saturated rings. The summed E-state index contributed by atoms with van der Waals surface area (Å²) in [6, 6.07) is 2.21. The zero-order valence-electron chi connectivity index (χ0n) is 25.5. The fourth-order valence-electron chi connectivity index (χ4n) is 5.96. The largest absolute Gasteiger partial charge is 0.344 e. The van der Waals surface area contributed by atoms with Gasteiger partial charge in [0.2, 0.25) is 5.91 Å². The van der Waals surface area contributed by atoms with E-state index >= 15 is 0 Å². The van der Waals surface area contributed by atoms with Gasteiger partial charge in [-0.15, -0.1) is 11.8 Å². The minimum absolute atomic E-state index is 0.293. The highest BCUT2D eigenvalue weighted by molar-refractivity contribution is 8.21. The van der Waals surface area contributed by atoms with Crippen molar-refractivity contribution in [2.45, 2.75) is 84.4 Å². The maximum Gasteiger partial charge on any atom is 0.344 e. The van der Waals surface area contributed by atoms with Gasteiger partial charge in [-0.2, -0.15) is 0 Å². The molecule has 2 aliphatic heterocycles. The Morgan fingerprint density at radius 2 is 1.61 bits per heavy atom. The lowest BCUT2D eigenvalue weighted by atomic mass is 9.77. The molecule has 0 radical (unpaired) electrons. The molecule has 220 valence electrons.